The molecule has 14 heteroatoms. The Morgan fingerprint density at radius 2 is 1.69 bits per heavy atom. The molecule has 0 spiro atoms. The van der Waals surface area contributed by atoms with Gasteiger partial charge in [0, 0.05) is 34.0 Å². The minimum atomic E-state index is -3.11. The second-order valence-electron chi connectivity index (χ2n) is 14.1. The van der Waals surface area contributed by atoms with Crippen molar-refractivity contribution in [1.29, 1.82) is 0 Å². The monoisotopic (exact) mass is 781 g/mol. The molecule has 3 saturated heterocycles. The highest BCUT2D eigenvalue weighted by Crippen LogP contribution is 2.42. The normalized spacial score (nSPS) is 19.7. The zero-order chi connectivity index (χ0) is 37.9. The third-order valence-electron chi connectivity index (χ3n) is 10.5. The van der Waals surface area contributed by atoms with Crippen LogP contribution in [0.15, 0.2) is 79.1 Å². The fraction of sp³-hybridized carbons (Fsp3) is 0.375. The Hall–Kier alpha value is -4.65. The maximum atomic E-state index is 14.2. The number of benzene rings is 3. The van der Waals surface area contributed by atoms with E-state index in [-0.39, 0.29) is 70.2 Å². The number of carbonyl (C=O) groups is 2. The zero-order valence-corrected chi connectivity index (χ0v) is 30.7. The zero-order valence-electron chi connectivity index (χ0n) is 29.2. The molecule has 2 bridgehead atoms. The van der Waals surface area contributed by atoms with Crippen LogP contribution >= 0.6 is 23.2 Å². The summed E-state index contributed by atoms with van der Waals surface area (Å²) >= 11 is 13.3. The van der Waals surface area contributed by atoms with Crippen LogP contribution in [0.2, 0.25) is 10.0 Å². The standard InChI is InChI=1S/C40H39Cl2F2N3O7/c41-32-20-46(51)21-33(42)31(32)18-30(26-11-12-34(53-39(43)44)35(17-26)52-23-24-9-10-24)37-27(5-4-8-29(37)38(48)49)19-47(28-6-2-1-3-7-28)40(50)54-36-22-45-15-13-25(36)14-16-45/h1-8,11-12,17,20-21,24-25,30,36,39H,9-10,13-16,18-19,22-23H2,(H-,48,49,51)/t30-,36-/m0/s1. The molecule has 8 rings (SSSR count). The van der Waals surface area contributed by atoms with Crippen LogP contribution in [0.25, 0.3) is 0 Å². The van der Waals surface area contributed by atoms with Crippen molar-refractivity contribution in [3.63, 3.8) is 0 Å². The third-order valence-corrected chi connectivity index (χ3v) is 11.1. The number of carboxylic acid groups (broad SMARTS) is 1. The highest BCUT2D eigenvalue weighted by Gasteiger charge is 2.38. The average molecular weight is 783 g/mol. The Bertz CT molecular complexity index is 1970. The first kappa shape index (κ1) is 37.7. The Labute approximate surface area is 321 Å². The molecule has 1 amide bonds. The SMILES string of the molecule is O=C([O-])c1cccc(CN(C(=O)O[C@H]2CN3CCC2CC3)c2ccccc2)c1[C@@H](Cc1c(Cl)c[n+](O)cc1Cl)c1ccc(OC(F)F)c(OCC2CC2)c1. The summed E-state index contributed by atoms with van der Waals surface area (Å²) in [6.45, 7) is -0.334. The molecule has 4 aliphatic rings. The van der Waals surface area contributed by atoms with Crippen molar-refractivity contribution in [2.75, 3.05) is 31.1 Å². The van der Waals surface area contributed by atoms with Crippen molar-refractivity contribution in [1.82, 2.24) is 4.90 Å². The Morgan fingerprint density at radius 1 is 0.963 bits per heavy atom. The van der Waals surface area contributed by atoms with Crippen molar-refractivity contribution < 1.29 is 47.6 Å². The lowest BCUT2D eigenvalue weighted by Gasteiger charge is -2.44. The van der Waals surface area contributed by atoms with Gasteiger partial charge in [-0.3, -0.25) is 15.0 Å². The van der Waals surface area contributed by atoms with E-state index in [1.54, 1.807) is 48.5 Å². The number of fused-ring (bicyclic) bond motifs is 3. The van der Waals surface area contributed by atoms with E-state index < -0.39 is 24.6 Å². The van der Waals surface area contributed by atoms with E-state index in [1.807, 2.05) is 6.07 Å². The highest BCUT2D eigenvalue weighted by molar-refractivity contribution is 6.35. The number of pyridine rings is 1. The van der Waals surface area contributed by atoms with E-state index in [1.165, 1.54) is 29.4 Å². The smallest absolute Gasteiger partial charge is 0.414 e. The predicted molar refractivity (Wildman–Crippen MR) is 194 cm³/mol. The van der Waals surface area contributed by atoms with Crippen molar-refractivity contribution in [2.45, 2.75) is 57.3 Å². The van der Waals surface area contributed by atoms with Crippen LogP contribution in [0.4, 0.5) is 19.3 Å². The highest BCUT2D eigenvalue weighted by atomic mass is 35.5. The summed E-state index contributed by atoms with van der Waals surface area (Å²) in [5.74, 6) is -1.93. The van der Waals surface area contributed by atoms with E-state index in [9.17, 15) is 28.7 Å². The van der Waals surface area contributed by atoms with Crippen LogP contribution in [-0.4, -0.2) is 61.1 Å². The molecular weight excluding hydrogens is 743 g/mol. The van der Waals surface area contributed by atoms with Gasteiger partial charge in [0.25, 0.3) is 0 Å². The number of alkyl halides is 2. The number of anilines is 1. The van der Waals surface area contributed by atoms with Gasteiger partial charge in [-0.2, -0.15) is 8.78 Å². The molecule has 4 aromatic rings. The summed E-state index contributed by atoms with van der Waals surface area (Å²) in [6.07, 6.45) is 5.40. The van der Waals surface area contributed by atoms with Gasteiger partial charge in [0.15, 0.2) is 11.5 Å². The number of hydrogen-bond donors (Lipinski definition) is 1. The van der Waals surface area contributed by atoms with Gasteiger partial charge in [-0.05, 0) is 98.0 Å². The van der Waals surface area contributed by atoms with E-state index in [4.69, 9.17) is 37.4 Å². The van der Waals surface area contributed by atoms with Gasteiger partial charge in [-0.25, -0.2) is 4.79 Å². The second-order valence-corrected chi connectivity index (χ2v) is 14.9. The number of halogens is 4. The van der Waals surface area contributed by atoms with Crippen molar-refractivity contribution in [2.24, 2.45) is 11.8 Å². The molecule has 4 fully saturated rings. The van der Waals surface area contributed by atoms with E-state index in [0.29, 0.717) is 33.7 Å². The second kappa shape index (κ2) is 16.4. The fourth-order valence-electron chi connectivity index (χ4n) is 7.48. The summed E-state index contributed by atoms with van der Waals surface area (Å²) in [6, 6.07) is 18.1. The Balaban J connectivity index is 1.34. The van der Waals surface area contributed by atoms with Crippen LogP contribution in [0, 0.1) is 11.8 Å². The van der Waals surface area contributed by atoms with Crippen molar-refractivity contribution >= 4 is 41.0 Å². The molecular formula is C40H39Cl2F2N3O7. The molecule has 54 heavy (non-hydrogen) atoms. The first-order chi connectivity index (χ1) is 26.0. The Morgan fingerprint density at radius 3 is 2.31 bits per heavy atom. The van der Waals surface area contributed by atoms with E-state index in [2.05, 4.69) is 4.90 Å². The van der Waals surface area contributed by atoms with Gasteiger partial charge in [0.2, 0.25) is 12.4 Å². The molecule has 1 aliphatic carbocycles. The number of nitrogens with zero attached hydrogens (tertiary/aromatic N) is 3. The topological polar surface area (TPSA) is 115 Å². The number of para-hydroxylation sites is 1. The first-order valence-electron chi connectivity index (χ1n) is 17.9. The molecule has 284 valence electrons. The third kappa shape index (κ3) is 8.66. The molecule has 0 unspecified atom stereocenters. The van der Waals surface area contributed by atoms with Gasteiger partial charge in [-0.1, -0.05) is 65.7 Å². The van der Waals surface area contributed by atoms with Gasteiger partial charge in [0.1, 0.15) is 16.1 Å². The largest absolute Gasteiger partial charge is 0.545 e. The average Bonchev–Trinajstić information content (AvgIpc) is 3.99. The number of aromatic nitrogens is 1. The molecule has 3 aliphatic heterocycles. The quantitative estimate of drug-likeness (QED) is 0.109. The van der Waals surface area contributed by atoms with Crippen LogP contribution in [0.1, 0.15) is 64.2 Å². The van der Waals surface area contributed by atoms with Crippen molar-refractivity contribution in [3.05, 3.63) is 117 Å². The van der Waals surface area contributed by atoms with Gasteiger partial charge in [0.05, 0.1) is 19.1 Å². The molecule has 10 nitrogen and oxygen atoms in total. The lowest BCUT2D eigenvalue weighted by molar-refractivity contribution is -0.904. The summed E-state index contributed by atoms with van der Waals surface area (Å²) in [7, 11) is 0. The fourth-order valence-corrected chi connectivity index (χ4v) is 8.09. The molecule has 4 heterocycles. The molecule has 1 aromatic heterocycles. The molecule has 2 atom stereocenters. The van der Waals surface area contributed by atoms with Crippen LogP contribution in [0.5, 0.6) is 11.5 Å². The van der Waals surface area contributed by atoms with Crippen LogP contribution < -0.4 is 24.2 Å². The number of ether oxygens (including phenoxy) is 3. The van der Waals surface area contributed by atoms with Crippen LogP contribution in [-0.2, 0) is 17.7 Å². The molecule has 1 N–H and O–H groups in total. The lowest BCUT2D eigenvalue weighted by atomic mass is 9.80. The molecule has 3 aromatic carbocycles. The summed E-state index contributed by atoms with van der Waals surface area (Å²) < 4.78 is 44.7. The molecule has 1 saturated carbocycles. The first-order valence-corrected chi connectivity index (χ1v) is 18.7. The number of aromatic carboxylic acids is 1. The number of carboxylic acids is 1. The lowest BCUT2D eigenvalue weighted by Crippen LogP contribution is -2.53. The maximum Gasteiger partial charge on any atom is 0.414 e. The molecule has 0 radical (unpaired) electrons. The number of piperidine rings is 3. The predicted octanol–water partition coefficient (Wildman–Crippen LogP) is 6.88. The summed E-state index contributed by atoms with van der Waals surface area (Å²) in [5.41, 5.74) is 1.94. The minimum Gasteiger partial charge on any atom is -0.545 e. The van der Waals surface area contributed by atoms with Gasteiger partial charge < -0.3 is 24.1 Å². The number of amides is 1. The van der Waals surface area contributed by atoms with Crippen LogP contribution in [0.3, 0.4) is 0 Å². The van der Waals surface area contributed by atoms with E-state index >= 15 is 0 Å². The van der Waals surface area contributed by atoms with E-state index in [0.717, 1.165) is 38.8 Å². The summed E-state index contributed by atoms with van der Waals surface area (Å²) in [5, 5.41) is 23.3. The maximum absolute atomic E-state index is 14.2. The van der Waals surface area contributed by atoms with Gasteiger partial charge in [-0.15, -0.1) is 0 Å². The number of carbonyl (C=O) groups excluding carboxylic acids is 2. The number of hydrogen-bond acceptors (Lipinski definition) is 8. The number of rotatable bonds is 14. The van der Waals surface area contributed by atoms with Crippen molar-refractivity contribution in [3.8, 4) is 11.5 Å². The van der Waals surface area contributed by atoms with Gasteiger partial charge >= 0.3 is 12.7 Å². The Kier molecular flexibility index (Phi) is 11.4. The summed E-state index contributed by atoms with van der Waals surface area (Å²) in [4.78, 5) is 30.9. The minimum absolute atomic E-state index is 0.0116.